The van der Waals surface area contributed by atoms with Crippen LogP contribution in [0.4, 0.5) is 0 Å². The van der Waals surface area contributed by atoms with Crippen molar-refractivity contribution < 1.29 is 0 Å². The van der Waals surface area contributed by atoms with Crippen LogP contribution < -0.4 is 0 Å². The quantitative estimate of drug-likeness (QED) is 0.800. The maximum atomic E-state index is 4.64. The van der Waals surface area contributed by atoms with Crippen LogP contribution in [0.15, 0.2) is 24.5 Å². The summed E-state index contributed by atoms with van der Waals surface area (Å²) in [7, 11) is 1.98. The van der Waals surface area contributed by atoms with E-state index in [1.807, 2.05) is 24.0 Å². The zero-order valence-electron chi connectivity index (χ0n) is 12.0. The van der Waals surface area contributed by atoms with Gasteiger partial charge in [-0.25, -0.2) is 4.98 Å². The Morgan fingerprint density at radius 1 is 1.32 bits per heavy atom. The fraction of sp³-hybridized carbons (Fsp3) is 0.533. The highest BCUT2D eigenvalue weighted by Gasteiger charge is 2.10. The van der Waals surface area contributed by atoms with Crippen LogP contribution in [0.1, 0.15) is 37.5 Å². The molecule has 2 aromatic rings. The zero-order valence-corrected chi connectivity index (χ0v) is 12.0. The van der Waals surface area contributed by atoms with Gasteiger partial charge in [-0.15, -0.1) is 0 Å². The second kappa shape index (κ2) is 6.45. The standard InChI is InChI=1S/C15H22N4/c1-4-12(2)10-14-17-15(19(3)18-14)8-7-13-6-5-9-16-11-13/h5-6,9,11-12H,4,7-8,10H2,1-3H3/t12-/m0/s1. The van der Waals surface area contributed by atoms with E-state index in [2.05, 4.69) is 35.0 Å². The van der Waals surface area contributed by atoms with E-state index in [4.69, 9.17) is 0 Å². The minimum atomic E-state index is 0.647. The first kappa shape index (κ1) is 13.7. The van der Waals surface area contributed by atoms with Crippen LogP contribution in [0, 0.1) is 5.92 Å². The molecule has 0 aliphatic carbocycles. The molecule has 0 spiro atoms. The van der Waals surface area contributed by atoms with Gasteiger partial charge in [0.05, 0.1) is 0 Å². The number of nitrogens with zero attached hydrogens (tertiary/aromatic N) is 4. The van der Waals surface area contributed by atoms with Gasteiger partial charge in [0.1, 0.15) is 5.82 Å². The summed E-state index contributed by atoms with van der Waals surface area (Å²) >= 11 is 0. The molecular weight excluding hydrogens is 236 g/mol. The van der Waals surface area contributed by atoms with E-state index in [0.717, 1.165) is 30.9 Å². The third-order valence-electron chi connectivity index (χ3n) is 3.49. The number of hydrogen-bond donors (Lipinski definition) is 0. The summed E-state index contributed by atoms with van der Waals surface area (Å²) in [5.41, 5.74) is 1.24. The van der Waals surface area contributed by atoms with Crippen molar-refractivity contribution in [2.24, 2.45) is 13.0 Å². The smallest absolute Gasteiger partial charge is 0.151 e. The average Bonchev–Trinajstić information content (AvgIpc) is 2.77. The van der Waals surface area contributed by atoms with Crippen molar-refractivity contribution in [2.45, 2.75) is 39.5 Å². The van der Waals surface area contributed by atoms with Gasteiger partial charge in [-0.3, -0.25) is 9.67 Å². The third-order valence-corrected chi connectivity index (χ3v) is 3.49. The van der Waals surface area contributed by atoms with Gasteiger partial charge >= 0.3 is 0 Å². The maximum absolute atomic E-state index is 4.64. The van der Waals surface area contributed by atoms with Crippen molar-refractivity contribution in [3.05, 3.63) is 41.7 Å². The molecule has 19 heavy (non-hydrogen) atoms. The van der Waals surface area contributed by atoms with Crippen LogP contribution in [-0.4, -0.2) is 19.7 Å². The number of rotatable bonds is 6. The molecule has 0 saturated heterocycles. The van der Waals surface area contributed by atoms with E-state index < -0.39 is 0 Å². The lowest BCUT2D eigenvalue weighted by atomic mass is 10.1. The Balaban J connectivity index is 1.97. The summed E-state index contributed by atoms with van der Waals surface area (Å²) in [6.45, 7) is 4.45. The van der Waals surface area contributed by atoms with Crippen LogP contribution in [-0.2, 0) is 26.3 Å². The molecule has 0 aliphatic heterocycles. The molecule has 4 nitrogen and oxygen atoms in total. The molecule has 0 aliphatic rings. The van der Waals surface area contributed by atoms with E-state index >= 15 is 0 Å². The molecule has 0 N–H and O–H groups in total. The Kier molecular flexibility index (Phi) is 4.66. The highest BCUT2D eigenvalue weighted by molar-refractivity contribution is 5.10. The lowest BCUT2D eigenvalue weighted by molar-refractivity contribution is 0.540. The number of aromatic nitrogens is 4. The first-order valence-electron chi connectivity index (χ1n) is 6.96. The maximum Gasteiger partial charge on any atom is 0.151 e. The van der Waals surface area contributed by atoms with Crippen LogP contribution in [0.25, 0.3) is 0 Å². The van der Waals surface area contributed by atoms with Gasteiger partial charge in [0.2, 0.25) is 0 Å². The lowest BCUT2D eigenvalue weighted by Crippen LogP contribution is -2.01. The number of pyridine rings is 1. The first-order chi connectivity index (χ1) is 9.19. The largest absolute Gasteiger partial charge is 0.264 e. The van der Waals surface area contributed by atoms with Crippen molar-refractivity contribution in [2.75, 3.05) is 0 Å². The van der Waals surface area contributed by atoms with E-state index in [1.165, 1.54) is 12.0 Å². The second-order valence-electron chi connectivity index (χ2n) is 5.15. The summed E-state index contributed by atoms with van der Waals surface area (Å²) in [6.07, 6.45) is 7.73. The summed E-state index contributed by atoms with van der Waals surface area (Å²) in [4.78, 5) is 8.78. The van der Waals surface area contributed by atoms with Crippen LogP contribution in [0.5, 0.6) is 0 Å². The van der Waals surface area contributed by atoms with Gasteiger partial charge in [0, 0.05) is 32.3 Å². The van der Waals surface area contributed by atoms with Crippen molar-refractivity contribution in [3.63, 3.8) is 0 Å². The summed E-state index contributed by atoms with van der Waals surface area (Å²) in [6, 6.07) is 4.07. The first-order valence-corrected chi connectivity index (χ1v) is 6.96. The van der Waals surface area contributed by atoms with Gasteiger partial charge in [0.15, 0.2) is 5.82 Å². The molecule has 2 rings (SSSR count). The van der Waals surface area contributed by atoms with Crippen molar-refractivity contribution >= 4 is 0 Å². The van der Waals surface area contributed by atoms with E-state index in [1.54, 1.807) is 6.20 Å². The van der Waals surface area contributed by atoms with Crippen LogP contribution in [0.3, 0.4) is 0 Å². The van der Waals surface area contributed by atoms with E-state index in [9.17, 15) is 0 Å². The lowest BCUT2D eigenvalue weighted by Gasteiger charge is -2.02. The number of hydrogen-bond acceptors (Lipinski definition) is 3. The van der Waals surface area contributed by atoms with Crippen LogP contribution in [0.2, 0.25) is 0 Å². The minimum Gasteiger partial charge on any atom is -0.264 e. The molecule has 0 radical (unpaired) electrons. The Morgan fingerprint density at radius 3 is 2.84 bits per heavy atom. The summed E-state index contributed by atoms with van der Waals surface area (Å²) in [5.74, 6) is 2.67. The molecule has 1 atom stereocenters. The Hall–Kier alpha value is -1.71. The monoisotopic (exact) mass is 258 g/mol. The normalized spacial score (nSPS) is 12.6. The van der Waals surface area contributed by atoms with Gasteiger partial charge in [-0.1, -0.05) is 26.3 Å². The van der Waals surface area contributed by atoms with E-state index in [-0.39, 0.29) is 0 Å². The number of aryl methyl sites for hydroxylation is 3. The fourth-order valence-corrected chi connectivity index (χ4v) is 2.04. The molecule has 4 heteroatoms. The molecule has 0 unspecified atom stereocenters. The van der Waals surface area contributed by atoms with Crippen LogP contribution >= 0.6 is 0 Å². The Morgan fingerprint density at radius 2 is 2.16 bits per heavy atom. The van der Waals surface area contributed by atoms with Gasteiger partial charge in [-0.2, -0.15) is 5.10 Å². The minimum absolute atomic E-state index is 0.647. The topological polar surface area (TPSA) is 43.6 Å². The zero-order chi connectivity index (χ0) is 13.7. The molecular formula is C15H22N4. The van der Waals surface area contributed by atoms with Gasteiger partial charge in [0.25, 0.3) is 0 Å². The average molecular weight is 258 g/mol. The fourth-order valence-electron chi connectivity index (χ4n) is 2.04. The van der Waals surface area contributed by atoms with E-state index in [0.29, 0.717) is 5.92 Å². The highest BCUT2D eigenvalue weighted by atomic mass is 15.3. The predicted molar refractivity (Wildman–Crippen MR) is 75.8 cm³/mol. The van der Waals surface area contributed by atoms with Crippen molar-refractivity contribution in [1.82, 2.24) is 19.7 Å². The molecule has 0 aromatic carbocycles. The highest BCUT2D eigenvalue weighted by Crippen LogP contribution is 2.10. The Bertz CT molecular complexity index is 504. The predicted octanol–water partition coefficient (Wildman–Crippen LogP) is 2.58. The summed E-state index contributed by atoms with van der Waals surface area (Å²) in [5, 5.41) is 4.50. The molecule has 0 saturated carbocycles. The third kappa shape index (κ3) is 3.88. The molecule has 0 bridgehead atoms. The molecule has 0 amide bonds. The molecule has 2 aromatic heterocycles. The molecule has 0 fully saturated rings. The SMILES string of the molecule is CC[C@H](C)Cc1nc(CCc2cccnc2)n(C)n1. The van der Waals surface area contributed by atoms with Crippen molar-refractivity contribution in [1.29, 1.82) is 0 Å². The molecule has 2 heterocycles. The second-order valence-corrected chi connectivity index (χ2v) is 5.15. The Labute approximate surface area is 114 Å². The summed E-state index contributed by atoms with van der Waals surface area (Å²) < 4.78 is 1.91. The van der Waals surface area contributed by atoms with Gasteiger partial charge in [-0.05, 0) is 24.0 Å². The van der Waals surface area contributed by atoms with Crippen molar-refractivity contribution in [3.8, 4) is 0 Å². The van der Waals surface area contributed by atoms with Gasteiger partial charge < -0.3 is 0 Å². The molecule has 102 valence electrons.